The highest BCUT2D eigenvalue weighted by Gasteiger charge is 2.37. The minimum Gasteiger partial charge on any atom is -0.505 e. The van der Waals surface area contributed by atoms with Crippen LogP contribution in [0.4, 0.5) is 59.7 Å². The standard InChI is InChI=1S/C25H8F11NO5.C7H7NO3/c26-9-7(10(27)15(32)22(14(9)31)41-6-3-1-5(2-4-6)25(39)40)8-11(28)16(33)23(17(34)12(8)29)42-24-18(35)13(30)20(37)21(38)19(24)36;8-5-3-1-2-4(6(5)9)7(10)11/h1-4,38H,37H2,(H,39,40);1-3,9H,8H2,(H,10,11). The summed E-state index contributed by atoms with van der Waals surface area (Å²) in [4.78, 5) is 21.2. The molecule has 5 aromatic carbocycles. The van der Waals surface area contributed by atoms with Crippen LogP contribution >= 0.6 is 0 Å². The number of nitrogen functional groups attached to an aromatic ring is 2. The highest BCUT2D eigenvalue weighted by molar-refractivity contribution is 5.92. The number of para-hydroxylation sites is 1. The van der Waals surface area contributed by atoms with E-state index < -0.39 is 121 Å². The summed E-state index contributed by atoms with van der Waals surface area (Å²) >= 11 is 0. The summed E-state index contributed by atoms with van der Waals surface area (Å²) in [7, 11) is 0. The normalized spacial score (nSPS) is 10.8. The van der Waals surface area contributed by atoms with Crippen molar-refractivity contribution in [3.63, 3.8) is 0 Å². The second-order valence-electron chi connectivity index (χ2n) is 10.0. The molecule has 21 heteroatoms. The smallest absolute Gasteiger partial charge is 0.339 e. The first-order chi connectivity index (χ1) is 24.7. The molecule has 0 aliphatic carbocycles. The number of aromatic hydroxyl groups is 2. The zero-order chi connectivity index (χ0) is 39.8. The van der Waals surface area contributed by atoms with Crippen molar-refractivity contribution < 1.29 is 87.8 Å². The van der Waals surface area contributed by atoms with Crippen LogP contribution in [-0.2, 0) is 0 Å². The van der Waals surface area contributed by atoms with Gasteiger partial charge >= 0.3 is 11.9 Å². The van der Waals surface area contributed by atoms with E-state index in [1.54, 1.807) is 0 Å². The fraction of sp³-hybridized carbons (Fsp3) is 0. The molecule has 0 aliphatic heterocycles. The van der Waals surface area contributed by atoms with Gasteiger partial charge in [0.1, 0.15) is 17.0 Å². The van der Waals surface area contributed by atoms with E-state index in [1.165, 1.54) is 18.2 Å². The second-order valence-corrected chi connectivity index (χ2v) is 10.0. The monoisotopic (exact) mass is 764 g/mol. The summed E-state index contributed by atoms with van der Waals surface area (Å²) in [5.74, 6) is -40.1. The molecule has 8 N–H and O–H groups in total. The highest BCUT2D eigenvalue weighted by atomic mass is 19.2. The van der Waals surface area contributed by atoms with Gasteiger partial charge in [0.15, 0.2) is 40.6 Å². The maximum atomic E-state index is 14.8. The third-order valence-corrected chi connectivity index (χ3v) is 6.81. The molecule has 0 spiro atoms. The minimum absolute atomic E-state index is 0.0740. The second kappa shape index (κ2) is 14.7. The Hall–Kier alpha value is -6.93. The van der Waals surface area contributed by atoms with Crippen LogP contribution < -0.4 is 20.9 Å². The lowest BCUT2D eigenvalue weighted by Crippen LogP contribution is -2.10. The van der Waals surface area contributed by atoms with Gasteiger partial charge in [-0.1, -0.05) is 6.07 Å². The molecule has 5 aromatic rings. The number of carbonyl (C=O) groups is 2. The van der Waals surface area contributed by atoms with E-state index in [0.29, 0.717) is 0 Å². The molecule has 0 aromatic heterocycles. The van der Waals surface area contributed by atoms with Crippen LogP contribution in [0.15, 0.2) is 42.5 Å². The highest BCUT2D eigenvalue weighted by Crippen LogP contribution is 2.45. The number of nitrogens with two attached hydrogens (primary N) is 2. The number of carboxylic acid groups (broad SMARTS) is 2. The van der Waals surface area contributed by atoms with E-state index in [2.05, 4.69) is 9.47 Å². The summed E-state index contributed by atoms with van der Waals surface area (Å²) in [6.45, 7) is 0. The maximum Gasteiger partial charge on any atom is 0.339 e. The number of aromatic carboxylic acids is 2. The number of hydrogen-bond donors (Lipinski definition) is 6. The Morgan fingerprint density at radius 3 is 1.32 bits per heavy atom. The lowest BCUT2D eigenvalue weighted by atomic mass is 10.0. The van der Waals surface area contributed by atoms with Crippen LogP contribution in [-0.4, -0.2) is 32.4 Å². The molecule has 0 aliphatic rings. The summed E-state index contributed by atoms with van der Waals surface area (Å²) in [6, 6.07) is 7.55. The zero-order valence-corrected chi connectivity index (χ0v) is 25.3. The quantitative estimate of drug-likeness (QED) is 0.0409. The maximum absolute atomic E-state index is 14.8. The number of rotatable bonds is 7. The first kappa shape index (κ1) is 38.9. The Kier molecular flexibility index (Phi) is 10.8. The van der Waals surface area contributed by atoms with Crippen molar-refractivity contribution >= 4 is 23.3 Å². The Morgan fingerprint density at radius 2 is 0.906 bits per heavy atom. The van der Waals surface area contributed by atoms with Gasteiger partial charge in [-0.15, -0.1) is 0 Å². The van der Waals surface area contributed by atoms with E-state index in [-0.39, 0.29) is 22.6 Å². The van der Waals surface area contributed by atoms with Gasteiger partial charge in [-0.05, 0) is 36.4 Å². The molecule has 0 amide bonds. The van der Waals surface area contributed by atoms with Gasteiger partial charge in [-0.3, -0.25) is 0 Å². The van der Waals surface area contributed by atoms with E-state index in [4.69, 9.17) is 26.8 Å². The van der Waals surface area contributed by atoms with E-state index in [0.717, 1.165) is 24.3 Å². The van der Waals surface area contributed by atoms with Gasteiger partial charge < -0.3 is 41.4 Å². The number of phenolic OH excluding ortho intramolecular Hbond substituents is 1. The molecule has 0 unspecified atom stereocenters. The molecule has 0 radical (unpaired) electrons. The predicted molar refractivity (Wildman–Crippen MR) is 157 cm³/mol. The average Bonchev–Trinajstić information content (AvgIpc) is 3.12. The Labute approximate surface area is 286 Å². The molecule has 10 nitrogen and oxygen atoms in total. The third-order valence-electron chi connectivity index (χ3n) is 6.81. The molecule has 0 saturated carbocycles. The fourth-order valence-corrected chi connectivity index (χ4v) is 4.19. The number of carboxylic acids is 2. The largest absolute Gasteiger partial charge is 0.505 e. The third kappa shape index (κ3) is 7.03. The number of hydrogen-bond acceptors (Lipinski definition) is 8. The van der Waals surface area contributed by atoms with Gasteiger partial charge in [-0.2, -0.15) is 26.3 Å². The molecular formula is C32H15F11N2O8. The van der Waals surface area contributed by atoms with Crippen molar-refractivity contribution in [1.29, 1.82) is 0 Å². The van der Waals surface area contributed by atoms with Crippen LogP contribution in [0.3, 0.4) is 0 Å². The molecule has 53 heavy (non-hydrogen) atoms. The molecule has 0 heterocycles. The Bertz CT molecular complexity index is 2240. The molecule has 278 valence electrons. The summed E-state index contributed by atoms with van der Waals surface area (Å²) < 4.78 is 169. The Balaban J connectivity index is 0.000000488. The first-order valence-electron chi connectivity index (χ1n) is 13.6. The minimum atomic E-state index is -2.81. The van der Waals surface area contributed by atoms with Crippen molar-refractivity contribution in [2.24, 2.45) is 0 Å². The van der Waals surface area contributed by atoms with Gasteiger partial charge in [-0.25, -0.2) is 31.5 Å². The molecular weight excluding hydrogens is 749 g/mol. The summed E-state index contributed by atoms with van der Waals surface area (Å²) in [6.07, 6.45) is 0. The van der Waals surface area contributed by atoms with Crippen LogP contribution in [0.2, 0.25) is 0 Å². The lowest BCUT2D eigenvalue weighted by Gasteiger charge is -2.17. The summed E-state index contributed by atoms with van der Waals surface area (Å²) in [5.41, 5.74) is 3.42. The fourth-order valence-electron chi connectivity index (χ4n) is 4.19. The van der Waals surface area contributed by atoms with Gasteiger partial charge in [0, 0.05) is 0 Å². The number of benzene rings is 5. The van der Waals surface area contributed by atoms with Gasteiger partial charge in [0.25, 0.3) is 0 Å². The average molecular weight is 764 g/mol. The molecule has 5 rings (SSSR count). The summed E-state index contributed by atoms with van der Waals surface area (Å²) in [5, 5.41) is 35.8. The molecule has 0 atom stereocenters. The van der Waals surface area contributed by atoms with Crippen LogP contribution in [0.25, 0.3) is 11.1 Å². The van der Waals surface area contributed by atoms with Crippen molar-refractivity contribution in [2.75, 3.05) is 11.5 Å². The van der Waals surface area contributed by atoms with Crippen LogP contribution in [0.5, 0.6) is 34.5 Å². The van der Waals surface area contributed by atoms with E-state index in [1.807, 2.05) is 0 Å². The SMILES string of the molecule is Nc1c(O)c(F)c(Oc2c(F)c(F)c(-c3c(F)c(F)c(Oc4ccc(C(=O)O)cc4)c(F)c3F)c(F)c2F)c(F)c1F.Nc1cccc(C(=O)O)c1O. The topological polar surface area (TPSA) is 186 Å². The van der Waals surface area contributed by atoms with E-state index in [9.17, 15) is 63.0 Å². The first-order valence-corrected chi connectivity index (χ1v) is 13.6. The lowest BCUT2D eigenvalue weighted by molar-refractivity contribution is 0.0684. The molecule has 0 saturated heterocycles. The van der Waals surface area contributed by atoms with Crippen molar-refractivity contribution in [1.82, 2.24) is 0 Å². The number of phenols is 2. The molecule has 0 bridgehead atoms. The number of halogens is 11. The van der Waals surface area contributed by atoms with Crippen molar-refractivity contribution in [2.45, 2.75) is 0 Å². The zero-order valence-electron chi connectivity index (χ0n) is 25.3. The number of ether oxygens (including phenoxy) is 2. The predicted octanol–water partition coefficient (Wildman–Crippen LogP) is 8.13. The van der Waals surface area contributed by atoms with Crippen molar-refractivity contribution in [3.05, 3.63) is 118 Å². The Morgan fingerprint density at radius 1 is 0.491 bits per heavy atom. The van der Waals surface area contributed by atoms with E-state index >= 15 is 0 Å². The van der Waals surface area contributed by atoms with Crippen LogP contribution in [0.1, 0.15) is 20.7 Å². The van der Waals surface area contributed by atoms with Crippen molar-refractivity contribution in [3.8, 4) is 45.6 Å². The van der Waals surface area contributed by atoms with Gasteiger partial charge in [0.05, 0.1) is 22.4 Å². The molecule has 0 fully saturated rings. The van der Waals surface area contributed by atoms with Gasteiger partial charge in [0.2, 0.25) is 52.2 Å². The van der Waals surface area contributed by atoms with Crippen LogP contribution in [0, 0.1) is 64.0 Å². The number of anilines is 2.